The Morgan fingerprint density at radius 1 is 1.21 bits per heavy atom. The van der Waals surface area contributed by atoms with Gasteiger partial charge in [-0.2, -0.15) is 5.10 Å². The Morgan fingerprint density at radius 2 is 2.00 bits per heavy atom. The third-order valence-electron chi connectivity index (χ3n) is 5.86. The quantitative estimate of drug-likeness (QED) is 0.553. The number of ether oxygens (including phenoxy) is 1. The number of hydrogen-bond acceptors (Lipinski definition) is 5. The van der Waals surface area contributed by atoms with Crippen molar-refractivity contribution in [2.24, 2.45) is 5.92 Å². The molecule has 1 amide bonds. The first kappa shape index (κ1) is 22.9. The van der Waals surface area contributed by atoms with Crippen molar-refractivity contribution in [3.05, 3.63) is 53.6 Å². The van der Waals surface area contributed by atoms with E-state index >= 15 is 0 Å². The summed E-state index contributed by atoms with van der Waals surface area (Å²) in [5.74, 6) is -1.24. The molecule has 1 fully saturated rings. The normalized spacial score (nSPS) is 16.8. The highest BCUT2D eigenvalue weighted by Gasteiger charge is 2.31. The van der Waals surface area contributed by atoms with Crippen molar-refractivity contribution in [2.45, 2.75) is 46.0 Å². The van der Waals surface area contributed by atoms with E-state index in [-0.39, 0.29) is 34.7 Å². The predicted octanol–water partition coefficient (Wildman–Crippen LogP) is 4.25. The van der Waals surface area contributed by atoms with Gasteiger partial charge in [0, 0.05) is 30.1 Å². The van der Waals surface area contributed by atoms with Gasteiger partial charge in [-0.15, -0.1) is 0 Å². The van der Waals surface area contributed by atoms with Gasteiger partial charge >= 0.3 is 5.97 Å². The zero-order valence-corrected chi connectivity index (χ0v) is 19.5. The van der Waals surface area contributed by atoms with Crippen LogP contribution in [0.3, 0.4) is 0 Å². The molecule has 1 aliphatic heterocycles. The third-order valence-corrected chi connectivity index (χ3v) is 5.86. The number of rotatable bonds is 4. The molecule has 0 saturated carbocycles. The van der Waals surface area contributed by atoms with E-state index in [0.29, 0.717) is 43.0 Å². The van der Waals surface area contributed by atoms with Crippen LogP contribution in [0.15, 0.2) is 36.4 Å². The van der Waals surface area contributed by atoms with Crippen molar-refractivity contribution in [1.29, 1.82) is 0 Å². The van der Waals surface area contributed by atoms with Crippen LogP contribution in [-0.4, -0.2) is 51.1 Å². The average molecular weight is 453 g/mol. The van der Waals surface area contributed by atoms with Gasteiger partial charge in [0.25, 0.3) is 5.91 Å². The summed E-state index contributed by atoms with van der Waals surface area (Å²) in [7, 11) is 0. The Balaban J connectivity index is 1.76. The Bertz CT molecular complexity index is 1200. The minimum absolute atomic E-state index is 0.225. The Labute approximate surface area is 192 Å². The topological polar surface area (TPSA) is 76.8 Å². The standard InChI is InChI=1S/C25H29FN4O3/c1-5-33-24(32)17-9-7-11-29(15-17)23(31)19-13-20(16-8-6-10-18(26)12-16)30-22(27-19)14-21(28-30)25(2,3)4/h6,8,10,12-14,17H,5,7,9,11,15H2,1-4H3/t17-/m0/s1. The fourth-order valence-corrected chi connectivity index (χ4v) is 4.08. The molecule has 1 aliphatic rings. The monoisotopic (exact) mass is 452 g/mol. The molecule has 2 aromatic heterocycles. The summed E-state index contributed by atoms with van der Waals surface area (Å²) in [4.78, 5) is 31.9. The van der Waals surface area contributed by atoms with E-state index in [1.165, 1.54) is 12.1 Å². The number of aromatic nitrogens is 3. The summed E-state index contributed by atoms with van der Waals surface area (Å²) in [6.45, 7) is 9.07. The van der Waals surface area contributed by atoms with E-state index in [1.54, 1.807) is 34.5 Å². The van der Waals surface area contributed by atoms with Crippen molar-refractivity contribution in [1.82, 2.24) is 19.5 Å². The SMILES string of the molecule is CCOC(=O)[C@H]1CCCN(C(=O)c2cc(-c3cccc(F)c3)n3nc(C(C)(C)C)cc3n2)C1. The smallest absolute Gasteiger partial charge is 0.310 e. The van der Waals surface area contributed by atoms with Crippen molar-refractivity contribution in [2.75, 3.05) is 19.7 Å². The molecule has 4 rings (SSSR count). The molecule has 0 aliphatic carbocycles. The van der Waals surface area contributed by atoms with E-state index in [4.69, 9.17) is 9.84 Å². The number of carbonyl (C=O) groups is 2. The van der Waals surface area contributed by atoms with Crippen molar-refractivity contribution >= 4 is 17.5 Å². The number of nitrogens with zero attached hydrogens (tertiary/aromatic N) is 4. The Hall–Kier alpha value is -3.29. The van der Waals surface area contributed by atoms with Crippen LogP contribution in [0, 0.1) is 11.7 Å². The zero-order valence-electron chi connectivity index (χ0n) is 19.5. The molecule has 3 aromatic rings. The summed E-state index contributed by atoms with van der Waals surface area (Å²) >= 11 is 0. The lowest BCUT2D eigenvalue weighted by molar-refractivity contribution is -0.149. The maximum Gasteiger partial charge on any atom is 0.310 e. The number of halogens is 1. The van der Waals surface area contributed by atoms with Crippen LogP contribution in [0.2, 0.25) is 0 Å². The second kappa shape index (κ2) is 8.92. The Kier molecular flexibility index (Phi) is 6.19. The summed E-state index contributed by atoms with van der Waals surface area (Å²) < 4.78 is 20.8. The Morgan fingerprint density at radius 3 is 2.70 bits per heavy atom. The highest BCUT2D eigenvalue weighted by Crippen LogP contribution is 2.28. The molecule has 33 heavy (non-hydrogen) atoms. The van der Waals surface area contributed by atoms with Gasteiger partial charge in [0.2, 0.25) is 0 Å². The van der Waals surface area contributed by atoms with Gasteiger partial charge in [-0.3, -0.25) is 9.59 Å². The minimum Gasteiger partial charge on any atom is -0.466 e. The lowest BCUT2D eigenvalue weighted by atomic mass is 9.93. The zero-order chi connectivity index (χ0) is 23.8. The van der Waals surface area contributed by atoms with E-state index in [0.717, 1.165) is 12.1 Å². The number of esters is 1. The van der Waals surface area contributed by atoms with Gasteiger partial charge in [0.15, 0.2) is 5.65 Å². The second-order valence-corrected chi connectivity index (χ2v) is 9.43. The average Bonchev–Trinajstić information content (AvgIpc) is 3.23. The highest BCUT2D eigenvalue weighted by atomic mass is 19.1. The molecule has 0 spiro atoms. The van der Waals surface area contributed by atoms with Crippen LogP contribution in [0.4, 0.5) is 4.39 Å². The summed E-state index contributed by atoms with van der Waals surface area (Å²) in [6.07, 6.45) is 1.41. The van der Waals surface area contributed by atoms with Gasteiger partial charge in [-0.25, -0.2) is 13.9 Å². The summed E-state index contributed by atoms with van der Waals surface area (Å²) in [6, 6.07) is 9.71. The largest absolute Gasteiger partial charge is 0.466 e. The van der Waals surface area contributed by atoms with Crippen molar-refractivity contribution < 1.29 is 18.7 Å². The minimum atomic E-state index is -0.373. The molecular formula is C25H29FN4O3. The fraction of sp³-hybridized carbons (Fsp3) is 0.440. The van der Waals surface area contributed by atoms with E-state index in [2.05, 4.69) is 4.98 Å². The van der Waals surface area contributed by atoms with Gasteiger partial charge in [0.05, 0.1) is 23.9 Å². The maximum absolute atomic E-state index is 14.0. The third kappa shape index (κ3) is 4.74. The molecule has 1 aromatic carbocycles. The number of hydrogen-bond donors (Lipinski definition) is 0. The van der Waals surface area contributed by atoms with Crippen LogP contribution in [0.1, 0.15) is 56.7 Å². The molecule has 3 heterocycles. The van der Waals surface area contributed by atoms with Crippen LogP contribution >= 0.6 is 0 Å². The van der Waals surface area contributed by atoms with E-state index in [1.807, 2.05) is 26.8 Å². The number of amides is 1. The lowest BCUT2D eigenvalue weighted by Crippen LogP contribution is -2.43. The molecule has 0 radical (unpaired) electrons. The predicted molar refractivity (Wildman–Crippen MR) is 122 cm³/mol. The number of likely N-dealkylation sites (tertiary alicyclic amines) is 1. The van der Waals surface area contributed by atoms with Gasteiger partial charge in [-0.1, -0.05) is 32.9 Å². The molecule has 7 nitrogen and oxygen atoms in total. The fourth-order valence-electron chi connectivity index (χ4n) is 4.08. The molecule has 0 bridgehead atoms. The van der Waals surface area contributed by atoms with Crippen molar-refractivity contribution in [3.63, 3.8) is 0 Å². The van der Waals surface area contributed by atoms with Gasteiger partial charge < -0.3 is 9.64 Å². The number of fused-ring (bicyclic) bond motifs is 1. The van der Waals surface area contributed by atoms with Crippen LogP contribution < -0.4 is 0 Å². The van der Waals surface area contributed by atoms with Crippen LogP contribution in [0.5, 0.6) is 0 Å². The molecule has 0 N–H and O–H groups in total. The highest BCUT2D eigenvalue weighted by molar-refractivity contribution is 5.94. The second-order valence-electron chi connectivity index (χ2n) is 9.43. The molecule has 174 valence electrons. The molecular weight excluding hydrogens is 423 g/mol. The number of carbonyl (C=O) groups excluding carboxylic acids is 2. The van der Waals surface area contributed by atoms with E-state index < -0.39 is 0 Å². The van der Waals surface area contributed by atoms with Crippen molar-refractivity contribution in [3.8, 4) is 11.3 Å². The first-order valence-electron chi connectivity index (χ1n) is 11.3. The molecule has 0 unspecified atom stereocenters. The molecule has 8 heteroatoms. The van der Waals surface area contributed by atoms with E-state index in [9.17, 15) is 14.0 Å². The van der Waals surface area contributed by atoms with Gasteiger partial charge in [-0.05, 0) is 38.0 Å². The van der Waals surface area contributed by atoms with Gasteiger partial charge in [0.1, 0.15) is 11.5 Å². The summed E-state index contributed by atoms with van der Waals surface area (Å²) in [5.41, 5.74) is 2.53. The maximum atomic E-state index is 14.0. The number of benzene rings is 1. The molecule has 1 saturated heterocycles. The first-order chi connectivity index (χ1) is 15.7. The summed E-state index contributed by atoms with van der Waals surface area (Å²) in [5, 5.41) is 4.70. The number of piperidine rings is 1. The lowest BCUT2D eigenvalue weighted by Gasteiger charge is -2.31. The van der Waals surface area contributed by atoms with Crippen LogP contribution in [-0.2, 0) is 14.9 Å². The molecule has 1 atom stereocenters. The van der Waals surface area contributed by atoms with Crippen LogP contribution in [0.25, 0.3) is 16.9 Å². The first-order valence-corrected chi connectivity index (χ1v) is 11.3.